The van der Waals surface area contributed by atoms with Crippen molar-refractivity contribution in [3.63, 3.8) is 0 Å². The summed E-state index contributed by atoms with van der Waals surface area (Å²) in [5.41, 5.74) is 0. The zero-order valence-corrected chi connectivity index (χ0v) is 11.3. The van der Waals surface area contributed by atoms with Gasteiger partial charge in [-0.25, -0.2) is 4.57 Å². The van der Waals surface area contributed by atoms with Crippen LogP contribution in [-0.2, 0) is 6.50 Å². The first kappa shape index (κ1) is 2.93. The van der Waals surface area contributed by atoms with Crippen molar-refractivity contribution >= 4 is 0 Å². The van der Waals surface area contributed by atoms with Gasteiger partial charge in [0.25, 0.3) is 0 Å². The van der Waals surface area contributed by atoms with E-state index in [-0.39, 0.29) is 0 Å². The fourth-order valence-electron chi connectivity index (χ4n) is 0.941. The Hall–Kier alpha value is -0.850. The van der Waals surface area contributed by atoms with E-state index in [0.717, 1.165) is 24.5 Å². The van der Waals surface area contributed by atoms with E-state index in [9.17, 15) is 0 Å². The molecule has 0 spiro atoms. The molecule has 1 heteroatoms. The number of pyridine rings is 1. The predicted octanol–water partition coefficient (Wildman–Crippen LogP) is 6.46. The Bertz CT molecular complexity index is 1530. The summed E-state index contributed by atoms with van der Waals surface area (Å²) in [4.78, 5) is 0. The summed E-state index contributed by atoms with van der Waals surface area (Å²) in [6.07, 6.45) is -66.3. The summed E-state index contributed by atoms with van der Waals surface area (Å²) in [6, 6.07) is 3.58. The van der Waals surface area contributed by atoms with E-state index < -0.39 is 103 Å². The van der Waals surface area contributed by atoms with Crippen molar-refractivity contribution in [3.8, 4) is 0 Å². The molecular weight excluding hydrogens is 266 g/mol. The van der Waals surface area contributed by atoms with Crippen LogP contribution in [0.5, 0.6) is 0 Å². The maximum atomic E-state index is 8.31. The van der Waals surface area contributed by atoms with E-state index in [2.05, 4.69) is 0 Å². The first-order chi connectivity index (χ1) is 23.4. The molecule has 0 bridgehead atoms. The Morgan fingerprint density at radius 1 is 0.636 bits per heavy atom. The summed E-state index contributed by atoms with van der Waals surface area (Å²) in [5, 5.41) is 0. The molecule has 0 aromatic carbocycles. The summed E-state index contributed by atoms with van der Waals surface area (Å²) in [5.74, 6) is 0. The Balaban J connectivity index is 4.04. The number of rotatable bonds is 15. The van der Waals surface area contributed by atoms with Gasteiger partial charge in [0.05, 0.1) is 0 Å². The van der Waals surface area contributed by atoms with Gasteiger partial charge in [0.15, 0.2) is 12.4 Å². The Morgan fingerprint density at radius 2 is 1.09 bits per heavy atom. The van der Waals surface area contributed by atoms with Gasteiger partial charge in [-0.3, -0.25) is 0 Å². The highest BCUT2D eigenvalue weighted by Gasteiger charge is 1.98. The van der Waals surface area contributed by atoms with Crippen LogP contribution in [0.4, 0.5) is 0 Å². The largest absolute Gasteiger partial charge is 0.205 e. The smallest absolute Gasteiger partial charge is 0.168 e. The monoisotopic (exact) mass is 338 g/mol. The molecule has 1 nitrogen and oxygen atoms in total. The molecule has 0 aliphatic carbocycles. The summed E-state index contributed by atoms with van der Waals surface area (Å²) >= 11 is 0. The van der Waals surface area contributed by atoms with Gasteiger partial charge in [0.1, 0.15) is 9.24 Å². The lowest BCUT2D eigenvalue weighted by Crippen LogP contribution is -2.32. The quantitative estimate of drug-likeness (QED) is 0.323. The molecule has 1 aromatic heterocycles. The minimum Gasteiger partial charge on any atom is -0.205 e. The predicted molar refractivity (Wildman–Crippen MR) is 96.9 cm³/mol. The summed E-state index contributed by atoms with van der Waals surface area (Å²) in [6.45, 7) is -7.76. The van der Waals surface area contributed by atoms with Gasteiger partial charge in [-0.05, 0) is 6.37 Å². The van der Waals surface area contributed by atoms with Crippen molar-refractivity contribution in [1.82, 2.24) is 0 Å². The minimum atomic E-state index is -5.13. The lowest BCUT2D eigenvalue weighted by atomic mass is 10.0. The van der Waals surface area contributed by atoms with Gasteiger partial charge in [0.2, 0.25) is 0 Å². The summed E-state index contributed by atoms with van der Waals surface area (Å²) in [7, 11) is 0. The average molecular weight is 338 g/mol. The van der Waals surface area contributed by atoms with E-state index in [1.54, 1.807) is 0 Å². The first-order valence-corrected chi connectivity index (χ1v) is 5.82. The maximum absolute atomic E-state index is 8.31. The lowest BCUT2D eigenvalue weighted by molar-refractivity contribution is -0.697. The third kappa shape index (κ3) is 11.8. The fraction of sp³-hybridized carbons (Fsp3) is 0.762. The van der Waals surface area contributed by atoms with E-state index in [1.807, 2.05) is 0 Å². The number of hydrogen-bond acceptors (Lipinski definition) is 0. The first-order valence-electron chi connectivity index (χ1n) is 22.3. The highest BCUT2D eigenvalue weighted by Crippen LogP contribution is 2.12. The molecule has 0 amide bonds. The topological polar surface area (TPSA) is 3.88 Å². The second-order valence-corrected chi connectivity index (χ2v) is 3.14. The summed E-state index contributed by atoms with van der Waals surface area (Å²) < 4.78 is 267. The molecule has 0 N–H and O–H groups in total. The molecule has 0 saturated heterocycles. The van der Waals surface area contributed by atoms with Crippen LogP contribution in [0.15, 0.2) is 30.6 Å². The van der Waals surface area contributed by atoms with Crippen LogP contribution in [0, 0.1) is 0 Å². The Kier molecular flexibility index (Phi) is 2.00. The van der Waals surface area contributed by atoms with Crippen LogP contribution < -0.4 is 4.57 Å². The van der Waals surface area contributed by atoms with Gasteiger partial charge in [0, 0.05) is 61.0 Å². The van der Waals surface area contributed by atoms with Crippen molar-refractivity contribution in [2.75, 3.05) is 0 Å². The molecule has 22 heavy (non-hydrogen) atoms. The molecule has 1 rings (SSSR count). The average Bonchev–Trinajstić information content (AvgIpc) is 2.99. The van der Waals surface area contributed by atoms with Crippen LogP contribution in [0.1, 0.15) is 141 Å². The molecule has 126 valence electrons. The van der Waals surface area contributed by atoms with Crippen molar-refractivity contribution in [3.05, 3.63) is 30.6 Å². The molecule has 0 aliphatic rings. The number of aromatic nitrogens is 1. The molecule has 0 unspecified atom stereocenters. The van der Waals surface area contributed by atoms with Gasteiger partial charge in [-0.15, -0.1) is 0 Å². The SMILES string of the molecule is [2H]C([2H])([2H])C([2H])([2H])C([2H])([2H])C([2H])([2H])C([2H])([2H])C([2H])([2H])C([2H])([2H])C([2H])([2H])C([2H])([2H])C([2H])([2H])C([2H])([2H])C([2H])([2H])C([2H])([2H])C([2H])([2H])C([2H])([2H])C([2H])([2H])[n+]1ccccc1. The van der Waals surface area contributed by atoms with Crippen LogP contribution in [-0.4, -0.2) is 0 Å². The minimum absolute atomic E-state index is 0.386. The lowest BCUT2D eigenvalue weighted by Gasteiger charge is -2.02. The second-order valence-electron chi connectivity index (χ2n) is 3.14. The Morgan fingerprint density at radius 3 is 1.59 bits per heavy atom. The van der Waals surface area contributed by atoms with E-state index in [1.165, 1.54) is 6.07 Å². The second kappa shape index (κ2) is 15.1. The number of aryl methyl sites for hydroxylation is 1. The highest BCUT2D eigenvalue weighted by molar-refractivity contribution is 4.83. The Labute approximate surface area is 185 Å². The number of hydrogen-bond donors (Lipinski definition) is 0. The van der Waals surface area contributed by atoms with Crippen molar-refractivity contribution in [2.24, 2.45) is 0 Å². The zero-order valence-electron chi connectivity index (χ0n) is 44.3. The van der Waals surface area contributed by atoms with Crippen molar-refractivity contribution in [1.29, 1.82) is 0 Å². The van der Waals surface area contributed by atoms with Crippen molar-refractivity contribution < 1.29 is 49.8 Å². The third-order valence-corrected chi connectivity index (χ3v) is 1.71. The molecule has 1 heterocycles. The van der Waals surface area contributed by atoms with Gasteiger partial charge in [-0.2, -0.15) is 0 Å². The molecule has 0 atom stereocenters. The molecule has 1 aromatic rings. The highest BCUT2D eigenvalue weighted by atomic mass is 14.9. The van der Waals surface area contributed by atoms with Crippen LogP contribution >= 0.6 is 0 Å². The van der Waals surface area contributed by atoms with Gasteiger partial charge in [-0.1, -0.05) is 89.4 Å². The molecular formula is C21H38N+. The van der Waals surface area contributed by atoms with E-state index in [4.69, 9.17) is 45.2 Å². The fourth-order valence-corrected chi connectivity index (χ4v) is 0.941. The molecule has 0 aliphatic heterocycles. The van der Waals surface area contributed by atoms with Crippen LogP contribution in [0.3, 0.4) is 0 Å². The molecule has 0 fully saturated rings. The maximum Gasteiger partial charge on any atom is 0.168 e. The normalized spacial score (nSPS) is 43.5. The van der Waals surface area contributed by atoms with Crippen LogP contribution in [0.25, 0.3) is 0 Å². The third-order valence-electron chi connectivity index (χ3n) is 1.71. The molecule has 0 radical (unpaired) electrons. The number of nitrogens with zero attached hydrogens (tertiary/aromatic N) is 1. The van der Waals surface area contributed by atoms with Crippen LogP contribution in [0.2, 0.25) is 0 Å². The van der Waals surface area contributed by atoms with Crippen molar-refractivity contribution in [2.45, 2.75) is 103 Å². The van der Waals surface area contributed by atoms with E-state index in [0.29, 0.717) is 4.57 Å². The van der Waals surface area contributed by atoms with E-state index >= 15 is 0 Å². The van der Waals surface area contributed by atoms with Gasteiger partial charge >= 0.3 is 0 Å². The zero-order chi connectivity index (χ0) is 45.1. The standard InChI is InChI=1S/C21H38N/c1-2-3-4-5-6-7-8-9-10-11-12-13-14-16-19-22-20-17-15-18-21-22/h15,17-18,20-21H,2-14,16,19H2,1H3/q+1/i1D3,2D2,3D2,4D2,5D2,6D2,7D2,8D2,9D2,10D2,11D2,12D2,13D2,14D2,16D2,19D2. The molecule has 0 saturated carbocycles. The van der Waals surface area contributed by atoms with Gasteiger partial charge < -0.3 is 0 Å².